The first-order chi connectivity index (χ1) is 13.6. The lowest BCUT2D eigenvalue weighted by Gasteiger charge is -2.35. The van der Waals surface area contributed by atoms with Crippen molar-refractivity contribution >= 4 is 28.5 Å². The third-order valence-corrected chi connectivity index (χ3v) is 4.68. The summed E-state index contributed by atoms with van der Waals surface area (Å²) in [6.45, 7) is 7.49. The number of hydrogen-bond acceptors (Lipinski definition) is 3. The molecule has 3 aromatic rings. The Kier molecular flexibility index (Phi) is 5.68. The van der Waals surface area contributed by atoms with E-state index in [-0.39, 0.29) is 30.7 Å². The molecule has 6 nitrogen and oxygen atoms in total. The number of carbonyl (C=O) groups excluding carboxylic acids is 2. The number of aryl methyl sites for hydroxylation is 1. The summed E-state index contributed by atoms with van der Waals surface area (Å²) in [7, 11) is 0. The summed E-state index contributed by atoms with van der Waals surface area (Å²) in [4.78, 5) is 31.7. The van der Waals surface area contributed by atoms with Crippen LogP contribution in [0.5, 0.6) is 0 Å². The molecular weight excluding hydrogens is 371 g/mol. The largest absolute Gasteiger partial charge is 0.327 e. The van der Waals surface area contributed by atoms with Crippen LogP contribution in [0.3, 0.4) is 0 Å². The van der Waals surface area contributed by atoms with Crippen LogP contribution < -0.4 is 5.32 Å². The summed E-state index contributed by atoms with van der Waals surface area (Å²) in [5.41, 5.74) is 1.63. The highest BCUT2D eigenvalue weighted by Gasteiger charge is 2.29. The predicted octanol–water partition coefficient (Wildman–Crippen LogP) is 3.75. The van der Waals surface area contributed by atoms with Crippen LogP contribution in [-0.2, 0) is 16.1 Å². The van der Waals surface area contributed by atoms with Gasteiger partial charge in [-0.2, -0.15) is 0 Å². The highest BCUT2D eigenvalue weighted by atomic mass is 19.1. The molecular formula is C22H25FN4O2. The van der Waals surface area contributed by atoms with Crippen LogP contribution in [0.15, 0.2) is 48.5 Å². The van der Waals surface area contributed by atoms with Gasteiger partial charge in [0.1, 0.15) is 24.7 Å². The van der Waals surface area contributed by atoms with Crippen molar-refractivity contribution in [1.29, 1.82) is 0 Å². The minimum absolute atomic E-state index is 0.0907. The minimum atomic E-state index is -0.554. The van der Waals surface area contributed by atoms with E-state index in [9.17, 15) is 14.0 Å². The molecule has 0 aliphatic carbocycles. The van der Waals surface area contributed by atoms with E-state index in [2.05, 4.69) is 10.3 Å². The van der Waals surface area contributed by atoms with E-state index < -0.39 is 5.54 Å². The van der Waals surface area contributed by atoms with Gasteiger partial charge in [-0.05, 0) is 64.1 Å². The lowest BCUT2D eigenvalue weighted by Crippen LogP contribution is -2.50. The molecule has 0 bridgehead atoms. The van der Waals surface area contributed by atoms with Gasteiger partial charge in [0.25, 0.3) is 0 Å². The Balaban J connectivity index is 1.77. The number of para-hydroxylation sites is 2. The molecule has 2 amide bonds. The minimum Gasteiger partial charge on any atom is -0.327 e. The zero-order chi connectivity index (χ0) is 21.2. The standard InChI is InChI=1S/C22H25FN4O2/c1-15-24-18-7-5-6-8-19(18)26(15)14-21(29)27(22(2,3)4)13-20(28)25-17-11-9-16(23)10-12-17/h5-12H,13-14H2,1-4H3,(H,25,28). The quantitative estimate of drug-likeness (QED) is 0.714. The van der Waals surface area contributed by atoms with Crippen molar-refractivity contribution in [2.75, 3.05) is 11.9 Å². The zero-order valence-electron chi connectivity index (χ0n) is 17.1. The number of hydrogen-bond donors (Lipinski definition) is 1. The Morgan fingerprint density at radius 1 is 1.10 bits per heavy atom. The molecule has 0 atom stereocenters. The number of benzene rings is 2. The molecule has 0 saturated heterocycles. The summed E-state index contributed by atoms with van der Waals surface area (Å²) >= 11 is 0. The van der Waals surface area contributed by atoms with Crippen LogP contribution in [0.2, 0.25) is 0 Å². The van der Waals surface area contributed by atoms with Crippen LogP contribution >= 0.6 is 0 Å². The van der Waals surface area contributed by atoms with Crippen molar-refractivity contribution in [3.63, 3.8) is 0 Å². The molecule has 0 radical (unpaired) electrons. The van der Waals surface area contributed by atoms with E-state index in [0.29, 0.717) is 5.69 Å². The molecule has 152 valence electrons. The number of amides is 2. The zero-order valence-corrected chi connectivity index (χ0v) is 17.1. The molecule has 1 N–H and O–H groups in total. The van der Waals surface area contributed by atoms with Crippen molar-refractivity contribution in [3.8, 4) is 0 Å². The van der Waals surface area contributed by atoms with Crippen LogP contribution in [0.4, 0.5) is 10.1 Å². The summed E-state index contributed by atoms with van der Waals surface area (Å²) in [5.74, 6) is -0.160. The summed E-state index contributed by atoms with van der Waals surface area (Å²) < 4.78 is 14.9. The number of nitrogens with zero attached hydrogens (tertiary/aromatic N) is 3. The molecule has 1 aromatic heterocycles. The van der Waals surface area contributed by atoms with Gasteiger partial charge in [0.05, 0.1) is 11.0 Å². The molecule has 2 aromatic carbocycles. The van der Waals surface area contributed by atoms with E-state index in [4.69, 9.17) is 0 Å². The van der Waals surface area contributed by atoms with Gasteiger partial charge in [0, 0.05) is 11.2 Å². The average molecular weight is 396 g/mol. The maximum Gasteiger partial charge on any atom is 0.244 e. The van der Waals surface area contributed by atoms with Crippen LogP contribution in [0, 0.1) is 12.7 Å². The molecule has 3 rings (SSSR count). The number of fused-ring (bicyclic) bond motifs is 1. The van der Waals surface area contributed by atoms with Crippen molar-refractivity contribution < 1.29 is 14.0 Å². The molecule has 7 heteroatoms. The maximum atomic E-state index is 13.1. The lowest BCUT2D eigenvalue weighted by atomic mass is 10.1. The van der Waals surface area contributed by atoms with Gasteiger partial charge < -0.3 is 14.8 Å². The van der Waals surface area contributed by atoms with Gasteiger partial charge in [-0.25, -0.2) is 9.37 Å². The number of carbonyl (C=O) groups is 2. The highest BCUT2D eigenvalue weighted by Crippen LogP contribution is 2.19. The fourth-order valence-corrected chi connectivity index (χ4v) is 3.19. The van der Waals surface area contributed by atoms with E-state index in [1.54, 1.807) is 4.90 Å². The molecule has 0 saturated carbocycles. The van der Waals surface area contributed by atoms with Crippen molar-refractivity contribution in [2.45, 2.75) is 39.8 Å². The smallest absolute Gasteiger partial charge is 0.244 e. The van der Waals surface area contributed by atoms with Crippen molar-refractivity contribution in [3.05, 3.63) is 60.2 Å². The fraction of sp³-hybridized carbons (Fsp3) is 0.318. The van der Waals surface area contributed by atoms with Gasteiger partial charge in [-0.1, -0.05) is 12.1 Å². The number of anilines is 1. The second-order valence-corrected chi connectivity index (χ2v) is 7.94. The molecule has 1 heterocycles. The third-order valence-electron chi connectivity index (χ3n) is 4.68. The Bertz CT molecular complexity index is 1040. The highest BCUT2D eigenvalue weighted by molar-refractivity contribution is 5.95. The van der Waals surface area contributed by atoms with Gasteiger partial charge in [-0.15, -0.1) is 0 Å². The first kappa shape index (κ1) is 20.5. The molecule has 0 spiro atoms. The van der Waals surface area contributed by atoms with E-state index in [1.807, 2.05) is 56.5 Å². The number of aromatic nitrogens is 2. The van der Waals surface area contributed by atoms with E-state index in [1.165, 1.54) is 24.3 Å². The Morgan fingerprint density at radius 3 is 2.41 bits per heavy atom. The van der Waals surface area contributed by atoms with Gasteiger partial charge in [0.2, 0.25) is 11.8 Å². The van der Waals surface area contributed by atoms with Crippen LogP contribution in [0.1, 0.15) is 26.6 Å². The first-order valence-electron chi connectivity index (χ1n) is 9.43. The van der Waals surface area contributed by atoms with Gasteiger partial charge in [0.15, 0.2) is 0 Å². The first-order valence-corrected chi connectivity index (χ1v) is 9.43. The normalized spacial score (nSPS) is 11.5. The monoisotopic (exact) mass is 396 g/mol. The summed E-state index contributed by atoms with van der Waals surface area (Å²) in [6.07, 6.45) is 0. The lowest BCUT2D eigenvalue weighted by molar-refractivity contribution is -0.140. The maximum absolute atomic E-state index is 13.1. The number of halogens is 1. The third kappa shape index (κ3) is 4.80. The van der Waals surface area contributed by atoms with Crippen LogP contribution in [0.25, 0.3) is 11.0 Å². The van der Waals surface area contributed by atoms with Gasteiger partial charge in [-0.3, -0.25) is 9.59 Å². The fourth-order valence-electron chi connectivity index (χ4n) is 3.19. The Morgan fingerprint density at radius 2 is 1.76 bits per heavy atom. The van der Waals surface area contributed by atoms with Crippen molar-refractivity contribution in [2.24, 2.45) is 0 Å². The summed E-state index contributed by atoms with van der Waals surface area (Å²) in [6, 6.07) is 13.1. The van der Waals surface area contributed by atoms with Gasteiger partial charge >= 0.3 is 0 Å². The molecule has 0 aliphatic rings. The Labute approximate surface area is 169 Å². The average Bonchev–Trinajstić information content (AvgIpc) is 2.96. The van der Waals surface area contributed by atoms with E-state index in [0.717, 1.165) is 16.9 Å². The van der Waals surface area contributed by atoms with Crippen LogP contribution in [-0.4, -0.2) is 38.3 Å². The molecule has 0 aliphatic heterocycles. The van der Waals surface area contributed by atoms with Crippen molar-refractivity contribution in [1.82, 2.24) is 14.5 Å². The SMILES string of the molecule is Cc1nc2ccccc2n1CC(=O)N(CC(=O)Nc1ccc(F)cc1)C(C)(C)C. The topological polar surface area (TPSA) is 67.2 Å². The predicted molar refractivity (Wildman–Crippen MR) is 111 cm³/mol. The number of rotatable bonds is 5. The molecule has 0 unspecified atom stereocenters. The number of nitrogens with one attached hydrogen (secondary N) is 1. The molecule has 29 heavy (non-hydrogen) atoms. The second-order valence-electron chi connectivity index (χ2n) is 7.94. The number of imidazole rings is 1. The molecule has 0 fully saturated rings. The summed E-state index contributed by atoms with van der Waals surface area (Å²) in [5, 5.41) is 2.71. The Hall–Kier alpha value is -3.22. The second kappa shape index (κ2) is 8.03. The van der Waals surface area contributed by atoms with E-state index >= 15 is 0 Å².